The van der Waals surface area contributed by atoms with Crippen LogP contribution in [0.3, 0.4) is 0 Å². The van der Waals surface area contributed by atoms with Gasteiger partial charge in [0.15, 0.2) is 17.3 Å². The fraction of sp³-hybridized carbons (Fsp3) is 0.458. The van der Waals surface area contributed by atoms with Crippen molar-refractivity contribution in [3.05, 3.63) is 47.0 Å². The lowest BCUT2D eigenvalue weighted by atomic mass is 9.93. The highest BCUT2D eigenvalue weighted by Crippen LogP contribution is 2.44. The minimum Gasteiger partial charge on any atom is -0.493 e. The summed E-state index contributed by atoms with van der Waals surface area (Å²) < 4.78 is 17.5. The molecule has 0 aromatic heterocycles. The van der Waals surface area contributed by atoms with Gasteiger partial charge < -0.3 is 14.2 Å². The molecule has 0 fully saturated rings. The molecule has 0 saturated heterocycles. The summed E-state index contributed by atoms with van der Waals surface area (Å²) in [4.78, 5) is 12.2. The van der Waals surface area contributed by atoms with Crippen LogP contribution in [0.25, 0.3) is 11.1 Å². The van der Waals surface area contributed by atoms with Gasteiger partial charge in [0.1, 0.15) is 0 Å². The molecule has 4 heteroatoms. The molecule has 1 aliphatic rings. The second kappa shape index (κ2) is 8.36. The van der Waals surface area contributed by atoms with Crippen molar-refractivity contribution in [2.75, 3.05) is 27.4 Å². The van der Waals surface area contributed by atoms with Crippen LogP contribution in [0.4, 0.5) is 0 Å². The van der Waals surface area contributed by atoms with Gasteiger partial charge in [-0.2, -0.15) is 0 Å². The summed E-state index contributed by atoms with van der Waals surface area (Å²) in [6.07, 6.45) is 2.21. The summed E-state index contributed by atoms with van der Waals surface area (Å²) in [6, 6.07) is 10.1. The molecule has 0 bridgehead atoms. The average molecular weight is 383 g/mol. The number of methoxy groups -OCH3 is 2. The third-order valence-corrected chi connectivity index (χ3v) is 5.29. The predicted molar refractivity (Wildman–Crippen MR) is 112 cm³/mol. The Morgan fingerprint density at radius 3 is 2.36 bits per heavy atom. The molecule has 0 N–H and O–H groups in total. The molecule has 0 amide bonds. The number of fused-ring (bicyclic) bond motifs is 1. The topological polar surface area (TPSA) is 44.8 Å². The minimum absolute atomic E-state index is 0.131. The highest BCUT2D eigenvalue weighted by atomic mass is 16.5. The maximum atomic E-state index is 12.2. The van der Waals surface area contributed by atoms with Gasteiger partial charge in [-0.1, -0.05) is 51.1 Å². The van der Waals surface area contributed by atoms with E-state index in [0.717, 1.165) is 52.2 Å². The number of carbonyl (C=O) groups excluding carboxylic acids is 1. The SMILES string of the molecule is CCc1ccc(-c2cccc3c2CCC3=O)c(OCC(C)(C)COC)c1OC. The number of rotatable bonds is 8. The predicted octanol–water partition coefficient (Wildman–Crippen LogP) is 5.10. The van der Waals surface area contributed by atoms with Crippen LogP contribution in [0.2, 0.25) is 0 Å². The molecule has 2 aromatic carbocycles. The Kier molecular flexibility index (Phi) is 6.09. The smallest absolute Gasteiger partial charge is 0.169 e. The van der Waals surface area contributed by atoms with E-state index in [1.807, 2.05) is 12.1 Å². The van der Waals surface area contributed by atoms with Crippen LogP contribution in [0.15, 0.2) is 30.3 Å². The number of Topliss-reactive ketones (excluding diaryl/α,β-unsaturated/α-hetero) is 1. The Balaban J connectivity index is 2.11. The molecule has 0 atom stereocenters. The van der Waals surface area contributed by atoms with Crippen LogP contribution in [0.1, 0.15) is 48.7 Å². The van der Waals surface area contributed by atoms with Gasteiger partial charge in [0, 0.05) is 30.1 Å². The monoisotopic (exact) mass is 382 g/mol. The van der Waals surface area contributed by atoms with Gasteiger partial charge in [-0.25, -0.2) is 0 Å². The second-order valence-electron chi connectivity index (χ2n) is 8.13. The summed E-state index contributed by atoms with van der Waals surface area (Å²) in [7, 11) is 3.39. The number of aryl methyl sites for hydroxylation is 1. The Morgan fingerprint density at radius 1 is 0.929 bits per heavy atom. The zero-order valence-electron chi connectivity index (χ0n) is 17.6. The Morgan fingerprint density at radius 2 is 1.68 bits per heavy atom. The minimum atomic E-state index is -0.131. The highest BCUT2D eigenvalue weighted by molar-refractivity contribution is 6.02. The first-order valence-electron chi connectivity index (χ1n) is 9.89. The van der Waals surface area contributed by atoms with Crippen molar-refractivity contribution in [3.63, 3.8) is 0 Å². The maximum absolute atomic E-state index is 12.2. The summed E-state index contributed by atoms with van der Waals surface area (Å²) in [5, 5.41) is 0. The van der Waals surface area contributed by atoms with Crippen molar-refractivity contribution in [3.8, 4) is 22.6 Å². The van der Waals surface area contributed by atoms with Crippen LogP contribution >= 0.6 is 0 Å². The molecule has 0 spiro atoms. The fourth-order valence-corrected chi connectivity index (χ4v) is 3.90. The number of carbonyl (C=O) groups is 1. The molecule has 1 aliphatic carbocycles. The molecule has 0 aliphatic heterocycles. The molecule has 150 valence electrons. The van der Waals surface area contributed by atoms with Gasteiger partial charge in [0.05, 0.1) is 20.3 Å². The first-order valence-corrected chi connectivity index (χ1v) is 9.89. The lowest BCUT2D eigenvalue weighted by Crippen LogP contribution is -2.26. The largest absolute Gasteiger partial charge is 0.493 e. The van der Waals surface area contributed by atoms with Gasteiger partial charge >= 0.3 is 0 Å². The summed E-state index contributed by atoms with van der Waals surface area (Å²) in [6.45, 7) is 7.45. The van der Waals surface area contributed by atoms with E-state index in [4.69, 9.17) is 14.2 Å². The highest BCUT2D eigenvalue weighted by Gasteiger charge is 2.27. The third kappa shape index (κ3) is 3.93. The van der Waals surface area contributed by atoms with E-state index in [2.05, 4.69) is 39.0 Å². The summed E-state index contributed by atoms with van der Waals surface area (Å²) in [5.74, 6) is 1.74. The molecule has 2 aromatic rings. The van der Waals surface area contributed by atoms with Crippen LogP contribution < -0.4 is 9.47 Å². The van der Waals surface area contributed by atoms with Crippen molar-refractivity contribution in [1.82, 2.24) is 0 Å². The summed E-state index contributed by atoms with van der Waals surface area (Å²) >= 11 is 0. The van der Waals surface area contributed by atoms with Gasteiger partial charge in [0.25, 0.3) is 0 Å². The average Bonchev–Trinajstić information content (AvgIpc) is 3.06. The van der Waals surface area contributed by atoms with Gasteiger partial charge in [0.2, 0.25) is 0 Å². The first-order chi connectivity index (χ1) is 13.4. The van der Waals surface area contributed by atoms with Crippen LogP contribution in [0, 0.1) is 5.41 Å². The van der Waals surface area contributed by atoms with E-state index < -0.39 is 0 Å². The normalized spacial score (nSPS) is 13.5. The van der Waals surface area contributed by atoms with E-state index in [-0.39, 0.29) is 11.2 Å². The number of ketones is 1. The van der Waals surface area contributed by atoms with Gasteiger partial charge in [-0.3, -0.25) is 4.79 Å². The molecule has 0 radical (unpaired) electrons. The Bertz CT molecular complexity index is 867. The Hall–Kier alpha value is -2.33. The molecule has 4 nitrogen and oxygen atoms in total. The third-order valence-electron chi connectivity index (χ3n) is 5.29. The molecule has 3 rings (SSSR count). The number of hydrogen-bond donors (Lipinski definition) is 0. The van der Waals surface area contributed by atoms with Crippen LogP contribution in [-0.2, 0) is 17.6 Å². The molecule has 0 heterocycles. The van der Waals surface area contributed by atoms with E-state index in [9.17, 15) is 4.79 Å². The summed E-state index contributed by atoms with van der Waals surface area (Å²) in [5.41, 5.74) is 4.96. The maximum Gasteiger partial charge on any atom is 0.169 e. The zero-order valence-corrected chi connectivity index (χ0v) is 17.6. The quantitative estimate of drug-likeness (QED) is 0.637. The zero-order chi connectivity index (χ0) is 20.3. The lowest BCUT2D eigenvalue weighted by molar-refractivity contribution is 0.0636. The second-order valence-corrected chi connectivity index (χ2v) is 8.13. The van der Waals surface area contributed by atoms with Crippen molar-refractivity contribution in [2.24, 2.45) is 5.41 Å². The standard InChI is InChI=1S/C24H30O4/c1-6-16-10-11-20(17-8-7-9-19-18(17)12-13-21(19)25)23(22(16)27-5)28-15-24(2,3)14-26-4/h7-11H,6,12-15H2,1-5H3. The van der Waals surface area contributed by atoms with Crippen molar-refractivity contribution in [1.29, 1.82) is 0 Å². The molecular weight excluding hydrogens is 352 g/mol. The van der Waals surface area contributed by atoms with Crippen molar-refractivity contribution in [2.45, 2.75) is 40.0 Å². The Labute approximate surface area is 167 Å². The van der Waals surface area contributed by atoms with E-state index in [1.165, 1.54) is 0 Å². The van der Waals surface area contributed by atoms with E-state index in [1.54, 1.807) is 14.2 Å². The molecule has 28 heavy (non-hydrogen) atoms. The number of hydrogen-bond acceptors (Lipinski definition) is 4. The number of ether oxygens (including phenoxy) is 3. The molecule has 0 saturated carbocycles. The first kappa shape index (κ1) is 20.4. The number of benzene rings is 2. The fourth-order valence-electron chi connectivity index (χ4n) is 3.90. The molecular formula is C24H30O4. The van der Waals surface area contributed by atoms with Gasteiger partial charge in [-0.15, -0.1) is 0 Å². The van der Waals surface area contributed by atoms with Crippen LogP contribution in [-0.4, -0.2) is 33.2 Å². The molecule has 0 unspecified atom stereocenters. The van der Waals surface area contributed by atoms with Crippen molar-refractivity contribution >= 4 is 5.78 Å². The van der Waals surface area contributed by atoms with Gasteiger partial charge in [-0.05, 0) is 29.5 Å². The van der Waals surface area contributed by atoms with E-state index >= 15 is 0 Å². The van der Waals surface area contributed by atoms with Crippen LogP contribution in [0.5, 0.6) is 11.5 Å². The van der Waals surface area contributed by atoms with E-state index in [0.29, 0.717) is 19.6 Å². The van der Waals surface area contributed by atoms with Crippen molar-refractivity contribution < 1.29 is 19.0 Å². The lowest BCUT2D eigenvalue weighted by Gasteiger charge is -2.26.